The Morgan fingerprint density at radius 2 is 2.11 bits per heavy atom. The second kappa shape index (κ2) is 5.59. The van der Waals surface area contributed by atoms with E-state index in [0.29, 0.717) is 5.92 Å². The van der Waals surface area contributed by atoms with E-state index in [0.717, 1.165) is 19.4 Å². The largest absolute Gasteiger partial charge is 0.393 e. The van der Waals surface area contributed by atoms with E-state index in [1.807, 2.05) is 11.9 Å². The molecular weight excluding hydrogens is 233 g/mol. The van der Waals surface area contributed by atoms with Crippen molar-refractivity contribution in [2.24, 2.45) is 5.92 Å². The number of hydrogen-bond acceptors (Lipinski definition) is 3. The van der Waals surface area contributed by atoms with E-state index in [2.05, 4.69) is 0 Å². The van der Waals surface area contributed by atoms with Gasteiger partial charge in [0, 0.05) is 6.54 Å². The van der Waals surface area contributed by atoms with Crippen LogP contribution in [0.3, 0.4) is 0 Å². The molecule has 1 aliphatic carbocycles. The number of benzene rings is 1. The third kappa shape index (κ3) is 3.15. The first kappa shape index (κ1) is 13.2. The first-order valence-corrected chi connectivity index (χ1v) is 6.20. The predicted molar refractivity (Wildman–Crippen MR) is 67.0 cm³/mol. The average Bonchev–Trinajstić information content (AvgIpc) is 2.27. The summed E-state index contributed by atoms with van der Waals surface area (Å²) in [7, 11) is 1.85. The monoisotopic (exact) mass is 251 g/mol. The van der Waals surface area contributed by atoms with Crippen LogP contribution in [0.25, 0.3) is 0 Å². The van der Waals surface area contributed by atoms with Crippen LogP contribution in [0, 0.1) is 11.7 Å². The predicted octanol–water partition coefficient (Wildman–Crippen LogP) is 1.71. The number of aliphatic hydroxyl groups excluding tert-OH is 1. The molecule has 1 aliphatic rings. The summed E-state index contributed by atoms with van der Waals surface area (Å²) in [6.45, 7) is 0.991. The fourth-order valence-corrected chi connectivity index (χ4v) is 2.37. The molecule has 1 aromatic rings. The highest BCUT2D eigenvalue weighted by Crippen LogP contribution is 2.27. The van der Waals surface area contributed by atoms with Gasteiger partial charge >= 0.3 is 0 Å². The molecule has 0 radical (unpaired) electrons. The van der Waals surface area contributed by atoms with Crippen LogP contribution in [0.2, 0.25) is 0 Å². The molecule has 1 N–H and O–H groups in total. The third-order valence-corrected chi connectivity index (χ3v) is 3.37. The lowest BCUT2D eigenvalue weighted by Crippen LogP contribution is -2.39. The summed E-state index contributed by atoms with van der Waals surface area (Å²) in [5.74, 6) is -0.205. The number of halogens is 1. The molecule has 98 valence electrons. The van der Waals surface area contributed by atoms with Crippen LogP contribution in [0.5, 0.6) is 0 Å². The van der Waals surface area contributed by atoms with E-state index in [1.54, 1.807) is 12.1 Å². The molecule has 0 bridgehead atoms. The maximum atomic E-state index is 13.4. The van der Waals surface area contributed by atoms with Crippen molar-refractivity contribution in [2.75, 3.05) is 20.1 Å². The zero-order chi connectivity index (χ0) is 13.1. The molecule has 0 heterocycles. The molecule has 4 heteroatoms. The minimum atomic E-state index is -0.463. The van der Waals surface area contributed by atoms with Crippen molar-refractivity contribution in [3.63, 3.8) is 0 Å². The highest BCUT2D eigenvalue weighted by Gasteiger charge is 2.28. The van der Waals surface area contributed by atoms with Crippen LogP contribution in [-0.4, -0.2) is 42.0 Å². The van der Waals surface area contributed by atoms with Gasteiger partial charge in [0.25, 0.3) is 0 Å². The Kier molecular flexibility index (Phi) is 4.09. The quantitative estimate of drug-likeness (QED) is 0.810. The topological polar surface area (TPSA) is 40.5 Å². The number of nitrogens with zero attached hydrogens (tertiary/aromatic N) is 1. The molecule has 0 amide bonds. The van der Waals surface area contributed by atoms with Crippen molar-refractivity contribution >= 4 is 5.78 Å². The maximum Gasteiger partial charge on any atom is 0.179 e. The summed E-state index contributed by atoms with van der Waals surface area (Å²) in [5, 5.41) is 9.19. The Morgan fingerprint density at radius 1 is 1.44 bits per heavy atom. The second-order valence-corrected chi connectivity index (χ2v) is 5.09. The molecule has 0 atom stereocenters. The molecule has 0 unspecified atom stereocenters. The van der Waals surface area contributed by atoms with Gasteiger partial charge in [-0.25, -0.2) is 4.39 Å². The zero-order valence-electron chi connectivity index (χ0n) is 10.5. The molecular formula is C14H18FNO2. The van der Waals surface area contributed by atoms with Crippen molar-refractivity contribution in [3.05, 3.63) is 35.6 Å². The molecule has 2 rings (SSSR count). The summed E-state index contributed by atoms with van der Waals surface area (Å²) in [4.78, 5) is 13.8. The van der Waals surface area contributed by atoms with Gasteiger partial charge in [0.1, 0.15) is 5.82 Å². The number of ketones is 1. The number of likely N-dealkylation sites (N-methyl/N-ethyl adjacent to an activating group) is 1. The molecule has 1 fully saturated rings. The Labute approximate surface area is 106 Å². The molecule has 3 nitrogen and oxygen atoms in total. The van der Waals surface area contributed by atoms with E-state index >= 15 is 0 Å². The normalized spacial score (nSPS) is 22.9. The second-order valence-electron chi connectivity index (χ2n) is 5.09. The van der Waals surface area contributed by atoms with Crippen LogP contribution in [0.1, 0.15) is 23.2 Å². The van der Waals surface area contributed by atoms with Gasteiger partial charge in [-0.1, -0.05) is 12.1 Å². The molecule has 0 aromatic heterocycles. The third-order valence-electron chi connectivity index (χ3n) is 3.37. The Bertz CT molecular complexity index is 430. The van der Waals surface area contributed by atoms with Crippen molar-refractivity contribution in [2.45, 2.75) is 18.9 Å². The van der Waals surface area contributed by atoms with Gasteiger partial charge in [-0.2, -0.15) is 0 Å². The number of hydrogen-bond donors (Lipinski definition) is 1. The summed E-state index contributed by atoms with van der Waals surface area (Å²) < 4.78 is 13.4. The van der Waals surface area contributed by atoms with Crippen molar-refractivity contribution in [1.82, 2.24) is 4.90 Å². The van der Waals surface area contributed by atoms with E-state index in [-0.39, 0.29) is 24.0 Å². The van der Waals surface area contributed by atoms with Gasteiger partial charge in [0.15, 0.2) is 5.78 Å². The van der Waals surface area contributed by atoms with E-state index in [9.17, 15) is 14.3 Å². The summed E-state index contributed by atoms with van der Waals surface area (Å²) in [6, 6.07) is 6.05. The summed E-state index contributed by atoms with van der Waals surface area (Å²) in [5.41, 5.74) is 0.151. The average molecular weight is 251 g/mol. The van der Waals surface area contributed by atoms with Crippen LogP contribution in [-0.2, 0) is 0 Å². The molecule has 18 heavy (non-hydrogen) atoms. The lowest BCUT2D eigenvalue weighted by atomic mass is 9.82. The fourth-order valence-electron chi connectivity index (χ4n) is 2.37. The van der Waals surface area contributed by atoms with Crippen molar-refractivity contribution in [3.8, 4) is 0 Å². The number of rotatable bonds is 5. The highest BCUT2D eigenvalue weighted by atomic mass is 19.1. The van der Waals surface area contributed by atoms with Gasteiger partial charge in [0.2, 0.25) is 0 Å². The Balaban J connectivity index is 1.85. The zero-order valence-corrected chi connectivity index (χ0v) is 10.5. The van der Waals surface area contributed by atoms with Crippen molar-refractivity contribution < 1.29 is 14.3 Å². The molecule has 0 spiro atoms. The lowest BCUT2D eigenvalue weighted by Gasteiger charge is -2.34. The van der Waals surface area contributed by atoms with Crippen LogP contribution >= 0.6 is 0 Å². The fraction of sp³-hybridized carbons (Fsp3) is 0.500. The Morgan fingerprint density at radius 3 is 2.72 bits per heavy atom. The van der Waals surface area contributed by atoms with Gasteiger partial charge in [-0.05, 0) is 37.9 Å². The smallest absolute Gasteiger partial charge is 0.179 e. The maximum absolute atomic E-state index is 13.4. The van der Waals surface area contributed by atoms with Gasteiger partial charge < -0.3 is 5.11 Å². The standard InChI is InChI=1S/C14H18FNO2/c1-16(8-10-6-11(17)7-10)9-14(18)12-4-2-3-5-13(12)15/h2-5,10-11,17H,6-9H2,1H3. The van der Waals surface area contributed by atoms with E-state index < -0.39 is 5.82 Å². The number of aliphatic hydroxyl groups is 1. The van der Waals surface area contributed by atoms with Crippen LogP contribution in [0.4, 0.5) is 4.39 Å². The van der Waals surface area contributed by atoms with E-state index in [4.69, 9.17) is 0 Å². The lowest BCUT2D eigenvalue weighted by molar-refractivity contribution is 0.0286. The number of carbonyl (C=O) groups excluding carboxylic acids is 1. The minimum absolute atomic E-state index is 0.151. The molecule has 0 aliphatic heterocycles. The summed E-state index contributed by atoms with van der Waals surface area (Å²) >= 11 is 0. The van der Waals surface area contributed by atoms with Crippen molar-refractivity contribution in [1.29, 1.82) is 0 Å². The van der Waals surface area contributed by atoms with Gasteiger partial charge in [0.05, 0.1) is 18.2 Å². The van der Waals surface area contributed by atoms with Gasteiger partial charge in [-0.3, -0.25) is 9.69 Å². The van der Waals surface area contributed by atoms with Crippen LogP contribution < -0.4 is 0 Å². The molecule has 1 aromatic carbocycles. The number of Topliss-reactive ketones (excluding diaryl/α,β-unsaturated/α-hetero) is 1. The number of carbonyl (C=O) groups is 1. The molecule has 1 saturated carbocycles. The SMILES string of the molecule is CN(CC(=O)c1ccccc1F)CC1CC(O)C1. The Hall–Kier alpha value is -1.26. The first-order valence-electron chi connectivity index (χ1n) is 6.20. The summed E-state index contributed by atoms with van der Waals surface area (Å²) in [6.07, 6.45) is 1.43. The van der Waals surface area contributed by atoms with E-state index in [1.165, 1.54) is 12.1 Å². The minimum Gasteiger partial charge on any atom is -0.393 e. The van der Waals surface area contributed by atoms with Crippen LogP contribution in [0.15, 0.2) is 24.3 Å². The highest BCUT2D eigenvalue weighted by molar-refractivity contribution is 5.97. The molecule has 0 saturated heterocycles. The van der Waals surface area contributed by atoms with Gasteiger partial charge in [-0.15, -0.1) is 0 Å². The first-order chi connectivity index (χ1) is 8.56.